The minimum atomic E-state index is 0.348. The molecule has 2 heterocycles. The highest BCUT2D eigenvalue weighted by atomic mass is 15.3. The summed E-state index contributed by atoms with van der Waals surface area (Å²) in [6.07, 6.45) is 3.21. The van der Waals surface area contributed by atoms with Gasteiger partial charge in [-0.2, -0.15) is 5.10 Å². The van der Waals surface area contributed by atoms with Gasteiger partial charge in [0.05, 0.1) is 24.0 Å². The average molecular weight is 235 g/mol. The van der Waals surface area contributed by atoms with Gasteiger partial charge in [-0.1, -0.05) is 6.07 Å². The van der Waals surface area contributed by atoms with E-state index in [0.717, 1.165) is 16.6 Å². The van der Waals surface area contributed by atoms with Crippen molar-refractivity contribution in [3.8, 4) is 5.69 Å². The van der Waals surface area contributed by atoms with E-state index >= 15 is 0 Å². The normalized spacial score (nSPS) is 10.4. The molecule has 0 aliphatic heterocycles. The van der Waals surface area contributed by atoms with Crippen molar-refractivity contribution < 1.29 is 0 Å². The van der Waals surface area contributed by atoms with E-state index in [1.165, 1.54) is 6.20 Å². The first-order valence-corrected chi connectivity index (χ1v) is 5.36. The minimum Gasteiger partial charge on any atom is -0.392 e. The smallest absolute Gasteiger partial charge is 0.247 e. The summed E-state index contributed by atoms with van der Waals surface area (Å²) in [5.41, 5.74) is 7.96. The minimum absolute atomic E-state index is 0.348. The molecular weight excluding hydrogens is 226 g/mol. The highest BCUT2D eigenvalue weighted by Gasteiger charge is 2.11. The number of nitrogens with two attached hydrogens (primary N) is 1. The summed E-state index contributed by atoms with van der Waals surface area (Å²) in [5.74, 6) is 0.348. The Hall–Kier alpha value is -2.87. The second-order valence-corrected chi connectivity index (χ2v) is 3.79. The molecule has 0 aliphatic carbocycles. The van der Waals surface area contributed by atoms with Gasteiger partial charge in [0.15, 0.2) is 0 Å². The second-order valence-electron chi connectivity index (χ2n) is 3.79. The van der Waals surface area contributed by atoms with Crippen LogP contribution in [0.2, 0.25) is 0 Å². The largest absolute Gasteiger partial charge is 0.392 e. The van der Waals surface area contributed by atoms with Gasteiger partial charge >= 0.3 is 0 Å². The predicted molar refractivity (Wildman–Crippen MR) is 69.5 cm³/mol. The molecule has 0 saturated heterocycles. The molecule has 0 saturated carbocycles. The number of pyridine rings is 1. The lowest BCUT2D eigenvalue weighted by Gasteiger charge is -2.07. The second kappa shape index (κ2) is 3.86. The van der Waals surface area contributed by atoms with Crippen LogP contribution in [0.3, 0.4) is 0 Å². The van der Waals surface area contributed by atoms with Crippen molar-refractivity contribution in [1.29, 1.82) is 0 Å². The molecule has 5 heteroatoms. The highest BCUT2D eigenvalue weighted by Crippen LogP contribution is 2.27. The van der Waals surface area contributed by atoms with E-state index < -0.39 is 0 Å². The van der Waals surface area contributed by atoms with E-state index in [0.29, 0.717) is 11.5 Å². The Bertz CT molecular complexity index is 761. The summed E-state index contributed by atoms with van der Waals surface area (Å²) >= 11 is 0. The zero-order valence-corrected chi connectivity index (χ0v) is 9.41. The van der Waals surface area contributed by atoms with Crippen LogP contribution in [0.5, 0.6) is 0 Å². The van der Waals surface area contributed by atoms with E-state index in [4.69, 9.17) is 12.3 Å². The van der Waals surface area contributed by atoms with Crippen molar-refractivity contribution in [2.45, 2.75) is 0 Å². The molecule has 0 bridgehead atoms. The maximum Gasteiger partial charge on any atom is 0.247 e. The first-order chi connectivity index (χ1) is 8.81. The number of benzene rings is 1. The van der Waals surface area contributed by atoms with Crippen molar-refractivity contribution in [3.05, 3.63) is 54.1 Å². The fourth-order valence-electron chi connectivity index (χ4n) is 1.90. The Balaban J connectivity index is 2.32. The molecule has 2 aromatic heterocycles. The zero-order valence-electron chi connectivity index (χ0n) is 9.41. The molecule has 18 heavy (non-hydrogen) atoms. The molecular formula is C13H9N5. The summed E-state index contributed by atoms with van der Waals surface area (Å²) in [7, 11) is 0. The molecule has 0 spiro atoms. The molecule has 86 valence electrons. The Morgan fingerprint density at radius 3 is 2.89 bits per heavy atom. The summed E-state index contributed by atoms with van der Waals surface area (Å²) in [6, 6.07) is 9.54. The van der Waals surface area contributed by atoms with Crippen LogP contribution in [0, 0.1) is 6.57 Å². The van der Waals surface area contributed by atoms with Gasteiger partial charge in [-0.25, -0.2) is 9.53 Å². The number of nitrogens with zero attached hydrogens (tertiary/aromatic N) is 4. The third-order valence-electron chi connectivity index (χ3n) is 2.76. The molecule has 0 aliphatic rings. The molecule has 0 radical (unpaired) electrons. The number of hydrogen-bond acceptors (Lipinski definition) is 3. The van der Waals surface area contributed by atoms with Crippen LogP contribution in [-0.4, -0.2) is 14.8 Å². The van der Waals surface area contributed by atoms with Gasteiger partial charge in [-0.3, -0.25) is 4.98 Å². The van der Waals surface area contributed by atoms with Crippen LogP contribution in [0.15, 0.2) is 42.7 Å². The lowest BCUT2D eigenvalue weighted by atomic mass is 10.2. The number of nitrogen functional groups attached to an aromatic ring is 1. The average Bonchev–Trinajstić information content (AvgIpc) is 2.79. The Labute approximate surface area is 103 Å². The van der Waals surface area contributed by atoms with Crippen molar-refractivity contribution in [3.63, 3.8) is 0 Å². The van der Waals surface area contributed by atoms with Gasteiger partial charge in [0, 0.05) is 11.6 Å². The number of anilines is 1. The van der Waals surface area contributed by atoms with Crippen molar-refractivity contribution in [2.75, 3.05) is 5.73 Å². The molecule has 5 nitrogen and oxygen atoms in total. The number of hydrogen-bond donors (Lipinski definition) is 1. The van der Waals surface area contributed by atoms with Gasteiger partial charge in [0.1, 0.15) is 5.82 Å². The van der Waals surface area contributed by atoms with Crippen LogP contribution < -0.4 is 5.73 Å². The first kappa shape index (κ1) is 10.3. The standard InChI is InChI=1S/C13H9N5/c1-15-11-8-17-18(13(11)14)12-6-2-5-10-9(12)4-3-7-16-10/h2-8H,14H2. The Morgan fingerprint density at radius 1 is 1.22 bits per heavy atom. The fraction of sp³-hybridized carbons (Fsp3) is 0. The van der Waals surface area contributed by atoms with Crippen LogP contribution in [0.1, 0.15) is 0 Å². The van der Waals surface area contributed by atoms with Crippen LogP contribution in [-0.2, 0) is 0 Å². The molecule has 2 N–H and O–H groups in total. The van der Waals surface area contributed by atoms with Crippen molar-refractivity contribution >= 4 is 22.4 Å². The Morgan fingerprint density at radius 2 is 2.11 bits per heavy atom. The molecule has 3 aromatic rings. The summed E-state index contributed by atoms with van der Waals surface area (Å²) in [6.45, 7) is 7.00. The third-order valence-corrected chi connectivity index (χ3v) is 2.76. The third kappa shape index (κ3) is 1.40. The van der Waals surface area contributed by atoms with Gasteiger partial charge in [0.2, 0.25) is 5.69 Å². The monoisotopic (exact) mass is 235 g/mol. The lowest BCUT2D eigenvalue weighted by Crippen LogP contribution is -2.02. The molecule has 0 atom stereocenters. The number of fused-ring (bicyclic) bond motifs is 1. The summed E-state index contributed by atoms with van der Waals surface area (Å²) in [4.78, 5) is 7.60. The predicted octanol–water partition coefficient (Wildman–Crippen LogP) is 2.55. The van der Waals surface area contributed by atoms with E-state index in [9.17, 15) is 0 Å². The lowest BCUT2D eigenvalue weighted by molar-refractivity contribution is 0.898. The molecule has 3 rings (SSSR count). The molecule has 1 aromatic carbocycles. The summed E-state index contributed by atoms with van der Waals surface area (Å²) < 4.78 is 1.57. The highest BCUT2D eigenvalue weighted by molar-refractivity contribution is 5.88. The zero-order chi connectivity index (χ0) is 12.5. The van der Waals surface area contributed by atoms with Gasteiger partial charge in [0.25, 0.3) is 0 Å². The fourth-order valence-corrected chi connectivity index (χ4v) is 1.90. The maximum absolute atomic E-state index is 7.00. The van der Waals surface area contributed by atoms with Crippen LogP contribution in [0.4, 0.5) is 11.5 Å². The quantitative estimate of drug-likeness (QED) is 0.659. The van der Waals surface area contributed by atoms with Crippen LogP contribution in [0.25, 0.3) is 21.4 Å². The van der Waals surface area contributed by atoms with Crippen molar-refractivity contribution in [2.24, 2.45) is 0 Å². The molecule has 0 amide bonds. The van der Waals surface area contributed by atoms with Gasteiger partial charge < -0.3 is 5.73 Å². The first-order valence-electron chi connectivity index (χ1n) is 5.36. The SMILES string of the molecule is [C-]#[N+]c1cnn(-c2cccc3ncccc23)c1N. The van der Waals surface area contributed by atoms with E-state index in [1.54, 1.807) is 10.9 Å². The number of aromatic nitrogens is 3. The maximum atomic E-state index is 7.00. The topological polar surface area (TPSA) is 61.1 Å². The van der Waals surface area contributed by atoms with E-state index in [-0.39, 0.29) is 0 Å². The van der Waals surface area contributed by atoms with E-state index in [2.05, 4.69) is 14.9 Å². The number of rotatable bonds is 1. The van der Waals surface area contributed by atoms with E-state index in [1.807, 2.05) is 30.3 Å². The van der Waals surface area contributed by atoms with Crippen LogP contribution >= 0.6 is 0 Å². The molecule has 0 unspecified atom stereocenters. The van der Waals surface area contributed by atoms with Gasteiger partial charge in [-0.15, -0.1) is 0 Å². The van der Waals surface area contributed by atoms with Crippen molar-refractivity contribution in [1.82, 2.24) is 14.8 Å². The summed E-state index contributed by atoms with van der Waals surface area (Å²) in [5, 5.41) is 5.11. The molecule has 0 fully saturated rings. The Kier molecular flexibility index (Phi) is 2.21. The van der Waals surface area contributed by atoms with Gasteiger partial charge in [-0.05, 0) is 24.3 Å².